The summed E-state index contributed by atoms with van der Waals surface area (Å²) in [4.78, 5) is 21.9. The third kappa shape index (κ3) is 4.62. The molecule has 1 aliphatic heterocycles. The number of pyridine rings is 1. The number of aryl methyl sites for hydroxylation is 2. The molecule has 1 saturated heterocycles. The molecule has 174 valence electrons. The quantitative estimate of drug-likeness (QED) is 0.561. The van der Waals surface area contributed by atoms with Gasteiger partial charge in [-0.05, 0) is 38.3 Å². The molecule has 1 amide bonds. The minimum absolute atomic E-state index is 0.0199. The fraction of sp³-hybridized carbons (Fsp3) is 0.480. The molecule has 2 aliphatic rings. The van der Waals surface area contributed by atoms with Crippen LogP contribution in [0, 0.1) is 13.8 Å². The standard InChI is InChI=1S/C25H29F2N5O/c1-16-4-3-5-18(12-16)14-30-8-10-31(11-9-30)22(33)15-32-25-23(17(2)29-32)20(24(26)27)13-21(28-25)19-6-7-19/h3-5,12-13,19,24H,6-11,14-15H2,1-2H3. The summed E-state index contributed by atoms with van der Waals surface area (Å²) in [5.74, 6) is 0.194. The first-order valence-electron chi connectivity index (χ1n) is 11.6. The zero-order valence-corrected chi connectivity index (χ0v) is 19.1. The van der Waals surface area contributed by atoms with Crippen molar-refractivity contribution in [2.45, 2.75) is 52.1 Å². The lowest BCUT2D eigenvalue weighted by molar-refractivity contribution is -0.133. The Balaban J connectivity index is 1.29. The highest BCUT2D eigenvalue weighted by molar-refractivity contribution is 5.85. The van der Waals surface area contributed by atoms with Gasteiger partial charge in [0.05, 0.1) is 11.1 Å². The van der Waals surface area contributed by atoms with E-state index in [0.717, 1.165) is 32.5 Å². The number of hydrogen-bond donors (Lipinski definition) is 0. The van der Waals surface area contributed by atoms with Crippen molar-refractivity contribution >= 4 is 16.9 Å². The summed E-state index contributed by atoms with van der Waals surface area (Å²) >= 11 is 0. The van der Waals surface area contributed by atoms with Crippen LogP contribution < -0.4 is 0 Å². The number of aromatic nitrogens is 3. The van der Waals surface area contributed by atoms with E-state index in [1.54, 1.807) is 6.92 Å². The van der Waals surface area contributed by atoms with Gasteiger partial charge >= 0.3 is 0 Å². The molecule has 0 radical (unpaired) electrons. The van der Waals surface area contributed by atoms with Gasteiger partial charge in [-0.2, -0.15) is 5.10 Å². The Kier molecular flexibility index (Phi) is 5.86. The second kappa shape index (κ2) is 8.82. The molecular formula is C25H29F2N5O. The number of piperazine rings is 1. The summed E-state index contributed by atoms with van der Waals surface area (Å²) in [7, 11) is 0. The van der Waals surface area contributed by atoms with Gasteiger partial charge in [0.15, 0.2) is 5.65 Å². The van der Waals surface area contributed by atoms with E-state index in [0.29, 0.717) is 35.5 Å². The molecule has 0 N–H and O–H groups in total. The largest absolute Gasteiger partial charge is 0.339 e. The minimum atomic E-state index is -2.60. The lowest BCUT2D eigenvalue weighted by Gasteiger charge is -2.34. The average Bonchev–Trinajstić information content (AvgIpc) is 3.59. The molecular weight excluding hydrogens is 424 g/mol. The molecule has 0 spiro atoms. The number of fused-ring (bicyclic) bond motifs is 1. The van der Waals surface area contributed by atoms with E-state index < -0.39 is 6.43 Å². The average molecular weight is 454 g/mol. The number of halogens is 2. The maximum atomic E-state index is 13.8. The third-order valence-electron chi connectivity index (χ3n) is 6.66. The predicted molar refractivity (Wildman–Crippen MR) is 122 cm³/mol. The van der Waals surface area contributed by atoms with Gasteiger partial charge in [0.2, 0.25) is 5.91 Å². The van der Waals surface area contributed by atoms with E-state index in [9.17, 15) is 13.6 Å². The number of nitrogens with zero attached hydrogens (tertiary/aromatic N) is 5. The first-order valence-corrected chi connectivity index (χ1v) is 11.6. The van der Waals surface area contributed by atoms with Gasteiger partial charge < -0.3 is 4.90 Å². The van der Waals surface area contributed by atoms with Crippen LogP contribution in [0.2, 0.25) is 0 Å². The summed E-state index contributed by atoms with van der Waals surface area (Å²) in [5.41, 5.74) is 4.08. The SMILES string of the molecule is Cc1cccc(CN2CCN(C(=O)Cn3nc(C)c4c(C(F)F)cc(C5CC5)nc43)CC2)c1. The van der Waals surface area contributed by atoms with Crippen molar-refractivity contribution in [1.29, 1.82) is 0 Å². The van der Waals surface area contributed by atoms with Crippen LogP contribution in [-0.4, -0.2) is 56.7 Å². The Labute approximate surface area is 192 Å². The summed E-state index contributed by atoms with van der Waals surface area (Å²) in [6.07, 6.45) is -0.651. The summed E-state index contributed by atoms with van der Waals surface area (Å²) in [6.45, 7) is 7.59. The van der Waals surface area contributed by atoms with Crippen molar-refractivity contribution in [3.8, 4) is 0 Å². The molecule has 5 rings (SSSR count). The molecule has 1 aliphatic carbocycles. The molecule has 6 nitrogen and oxygen atoms in total. The van der Waals surface area contributed by atoms with Gasteiger partial charge in [0.25, 0.3) is 6.43 Å². The van der Waals surface area contributed by atoms with E-state index in [-0.39, 0.29) is 23.9 Å². The normalized spacial score (nSPS) is 17.3. The molecule has 1 saturated carbocycles. The maximum Gasteiger partial charge on any atom is 0.264 e. The van der Waals surface area contributed by atoms with Crippen LogP contribution in [0.5, 0.6) is 0 Å². The highest BCUT2D eigenvalue weighted by Crippen LogP contribution is 2.41. The summed E-state index contributed by atoms with van der Waals surface area (Å²) in [6, 6.07) is 10.0. The Morgan fingerprint density at radius 1 is 1.12 bits per heavy atom. The fourth-order valence-corrected chi connectivity index (χ4v) is 4.73. The molecule has 3 aromatic rings. The highest BCUT2D eigenvalue weighted by atomic mass is 19.3. The van der Waals surface area contributed by atoms with Crippen molar-refractivity contribution in [3.63, 3.8) is 0 Å². The van der Waals surface area contributed by atoms with E-state index in [1.165, 1.54) is 21.9 Å². The molecule has 33 heavy (non-hydrogen) atoms. The van der Waals surface area contributed by atoms with Gasteiger partial charge in [-0.1, -0.05) is 29.8 Å². The predicted octanol–water partition coefficient (Wildman–Crippen LogP) is 4.21. The van der Waals surface area contributed by atoms with Gasteiger partial charge in [-0.3, -0.25) is 9.69 Å². The number of amides is 1. The van der Waals surface area contributed by atoms with Crippen molar-refractivity contribution in [2.75, 3.05) is 26.2 Å². The van der Waals surface area contributed by atoms with E-state index in [2.05, 4.69) is 46.2 Å². The van der Waals surface area contributed by atoms with Gasteiger partial charge in [0, 0.05) is 49.9 Å². The van der Waals surface area contributed by atoms with E-state index in [4.69, 9.17) is 0 Å². The van der Waals surface area contributed by atoms with Crippen LogP contribution in [-0.2, 0) is 17.9 Å². The second-order valence-electron chi connectivity index (χ2n) is 9.30. The van der Waals surface area contributed by atoms with E-state index >= 15 is 0 Å². The Hall–Kier alpha value is -2.87. The molecule has 0 atom stereocenters. The number of carbonyl (C=O) groups excluding carboxylic acids is 1. The Morgan fingerprint density at radius 3 is 2.55 bits per heavy atom. The van der Waals surface area contributed by atoms with Crippen LogP contribution in [0.4, 0.5) is 8.78 Å². The zero-order chi connectivity index (χ0) is 23.1. The molecule has 0 unspecified atom stereocenters. The highest BCUT2D eigenvalue weighted by Gasteiger charge is 2.30. The van der Waals surface area contributed by atoms with Gasteiger partial charge in [0.1, 0.15) is 6.54 Å². The number of benzene rings is 1. The summed E-state index contributed by atoms with van der Waals surface area (Å²) < 4.78 is 29.1. The number of carbonyl (C=O) groups is 1. The molecule has 3 heterocycles. The van der Waals surface area contributed by atoms with E-state index in [1.807, 2.05) is 4.90 Å². The maximum absolute atomic E-state index is 13.8. The third-order valence-corrected chi connectivity index (χ3v) is 6.66. The Bertz CT molecular complexity index is 1180. The number of hydrogen-bond acceptors (Lipinski definition) is 4. The summed E-state index contributed by atoms with van der Waals surface area (Å²) in [5, 5.41) is 4.81. The molecule has 8 heteroatoms. The first kappa shape index (κ1) is 21.9. The topological polar surface area (TPSA) is 54.3 Å². The number of rotatable bonds is 6. The smallest absolute Gasteiger partial charge is 0.264 e. The van der Waals surface area contributed by atoms with Crippen molar-refractivity contribution in [3.05, 3.63) is 58.4 Å². The lowest BCUT2D eigenvalue weighted by Crippen LogP contribution is -2.49. The zero-order valence-electron chi connectivity index (χ0n) is 19.1. The molecule has 2 aromatic heterocycles. The molecule has 1 aromatic carbocycles. The van der Waals surface area contributed by atoms with Crippen LogP contribution in [0.3, 0.4) is 0 Å². The van der Waals surface area contributed by atoms with Crippen molar-refractivity contribution < 1.29 is 13.6 Å². The monoisotopic (exact) mass is 453 g/mol. The van der Waals surface area contributed by atoms with Gasteiger partial charge in [-0.15, -0.1) is 0 Å². The molecule has 2 fully saturated rings. The second-order valence-corrected chi connectivity index (χ2v) is 9.30. The fourth-order valence-electron chi connectivity index (χ4n) is 4.73. The minimum Gasteiger partial charge on any atom is -0.339 e. The van der Waals surface area contributed by atoms with Crippen molar-refractivity contribution in [2.24, 2.45) is 0 Å². The van der Waals surface area contributed by atoms with Crippen LogP contribution in [0.15, 0.2) is 30.3 Å². The number of alkyl halides is 2. The van der Waals surface area contributed by atoms with Crippen LogP contribution in [0.1, 0.15) is 53.3 Å². The van der Waals surface area contributed by atoms with Crippen LogP contribution in [0.25, 0.3) is 11.0 Å². The Morgan fingerprint density at radius 2 is 1.88 bits per heavy atom. The lowest BCUT2D eigenvalue weighted by atomic mass is 10.1. The first-order chi connectivity index (χ1) is 15.9. The van der Waals surface area contributed by atoms with Gasteiger partial charge in [-0.25, -0.2) is 18.4 Å². The molecule has 0 bridgehead atoms. The van der Waals surface area contributed by atoms with Crippen molar-refractivity contribution in [1.82, 2.24) is 24.6 Å². The van der Waals surface area contributed by atoms with Crippen LogP contribution >= 0.6 is 0 Å².